The van der Waals surface area contributed by atoms with Crippen molar-refractivity contribution in [2.45, 2.75) is 39.3 Å². The number of carbonyl (C=O) groups excluding carboxylic acids is 2. The van der Waals surface area contributed by atoms with E-state index in [4.69, 9.17) is 9.47 Å². The molecule has 0 bridgehead atoms. The van der Waals surface area contributed by atoms with E-state index in [9.17, 15) is 14.7 Å². The summed E-state index contributed by atoms with van der Waals surface area (Å²) in [6.07, 6.45) is 3.43. The monoisotopic (exact) mass is 376 g/mol. The number of hydrogen-bond donors (Lipinski definition) is 2. The highest BCUT2D eigenvalue weighted by molar-refractivity contribution is 6.04. The lowest BCUT2D eigenvalue weighted by Crippen LogP contribution is -2.40. The normalized spacial score (nSPS) is 18.3. The van der Waals surface area contributed by atoms with Crippen LogP contribution in [0, 0.1) is 5.92 Å². The van der Waals surface area contributed by atoms with Gasteiger partial charge in [-0.05, 0) is 37.0 Å². The van der Waals surface area contributed by atoms with Crippen molar-refractivity contribution in [2.24, 2.45) is 5.92 Å². The Bertz CT molecular complexity index is 702. The average molecular weight is 376 g/mol. The number of carbonyl (C=O) groups is 2. The molecule has 1 aliphatic heterocycles. The molecule has 2 unspecified atom stereocenters. The van der Waals surface area contributed by atoms with E-state index < -0.39 is 18.2 Å². The molecular formula is C20H28N2O5. The molecule has 2 N–H and O–H groups in total. The van der Waals surface area contributed by atoms with Gasteiger partial charge in [0.05, 0.1) is 13.7 Å². The van der Waals surface area contributed by atoms with Gasteiger partial charge < -0.3 is 19.9 Å². The predicted molar refractivity (Wildman–Crippen MR) is 103 cm³/mol. The van der Waals surface area contributed by atoms with Crippen molar-refractivity contribution in [3.8, 4) is 11.5 Å². The lowest BCUT2D eigenvalue weighted by molar-refractivity contribution is -0.128. The quantitative estimate of drug-likeness (QED) is 0.646. The lowest BCUT2D eigenvalue weighted by Gasteiger charge is -2.19. The first-order chi connectivity index (χ1) is 12.8. The third-order valence-electron chi connectivity index (χ3n) is 4.19. The van der Waals surface area contributed by atoms with Crippen LogP contribution in [0.2, 0.25) is 0 Å². The number of allylic oxidation sites excluding steroid dienone is 1. The third-order valence-corrected chi connectivity index (χ3v) is 4.19. The fraction of sp³-hybridized carbons (Fsp3) is 0.500. The van der Waals surface area contributed by atoms with Crippen molar-refractivity contribution < 1.29 is 24.2 Å². The fourth-order valence-corrected chi connectivity index (χ4v) is 2.93. The largest absolute Gasteiger partial charge is 0.493 e. The highest BCUT2D eigenvalue weighted by atomic mass is 16.5. The molecule has 7 heteroatoms. The van der Waals surface area contributed by atoms with E-state index in [1.807, 2.05) is 45.1 Å². The number of imide groups is 1. The summed E-state index contributed by atoms with van der Waals surface area (Å²) < 4.78 is 10.9. The topological polar surface area (TPSA) is 88.1 Å². The highest BCUT2D eigenvalue weighted by Crippen LogP contribution is 2.28. The average Bonchev–Trinajstić information content (AvgIpc) is 2.87. The van der Waals surface area contributed by atoms with E-state index in [1.165, 1.54) is 0 Å². The Hall–Kier alpha value is -2.54. The molecule has 1 aromatic rings. The molecule has 0 aromatic heterocycles. The maximum Gasteiger partial charge on any atom is 0.324 e. The maximum absolute atomic E-state index is 12.3. The molecule has 0 spiro atoms. The minimum Gasteiger partial charge on any atom is -0.493 e. The van der Waals surface area contributed by atoms with Gasteiger partial charge in [-0.2, -0.15) is 0 Å². The molecule has 0 radical (unpaired) electrons. The molecule has 148 valence electrons. The van der Waals surface area contributed by atoms with E-state index in [1.54, 1.807) is 13.2 Å². The first kappa shape index (κ1) is 20.8. The van der Waals surface area contributed by atoms with Crippen LogP contribution in [0.3, 0.4) is 0 Å². The van der Waals surface area contributed by atoms with Gasteiger partial charge in [0.2, 0.25) is 0 Å². The number of benzene rings is 1. The van der Waals surface area contributed by atoms with Crippen LogP contribution in [0.1, 0.15) is 32.8 Å². The van der Waals surface area contributed by atoms with Gasteiger partial charge in [-0.1, -0.05) is 32.1 Å². The van der Waals surface area contributed by atoms with E-state index in [-0.39, 0.29) is 25.0 Å². The molecule has 2 rings (SSSR count). The van der Waals surface area contributed by atoms with Gasteiger partial charge in [0.15, 0.2) is 11.5 Å². The zero-order valence-corrected chi connectivity index (χ0v) is 16.3. The van der Waals surface area contributed by atoms with Crippen molar-refractivity contribution in [3.63, 3.8) is 0 Å². The molecule has 1 aliphatic rings. The molecular weight excluding hydrogens is 348 g/mol. The summed E-state index contributed by atoms with van der Waals surface area (Å²) in [5.41, 5.74) is 0.970. The first-order valence-corrected chi connectivity index (χ1v) is 9.09. The van der Waals surface area contributed by atoms with Crippen molar-refractivity contribution in [1.29, 1.82) is 0 Å². The molecule has 3 amide bonds. The van der Waals surface area contributed by atoms with Gasteiger partial charge >= 0.3 is 6.03 Å². The molecule has 1 fully saturated rings. The second kappa shape index (κ2) is 9.41. The molecule has 2 atom stereocenters. The second-order valence-electron chi connectivity index (χ2n) is 6.96. The third kappa shape index (κ3) is 5.47. The van der Waals surface area contributed by atoms with Crippen LogP contribution in [0.4, 0.5) is 4.79 Å². The number of urea groups is 1. The van der Waals surface area contributed by atoms with Crippen LogP contribution in [-0.2, 0) is 4.79 Å². The predicted octanol–water partition coefficient (Wildman–Crippen LogP) is 2.43. The Morgan fingerprint density at radius 3 is 2.67 bits per heavy atom. The zero-order valence-electron chi connectivity index (χ0n) is 16.3. The molecule has 1 aromatic carbocycles. The summed E-state index contributed by atoms with van der Waals surface area (Å²) in [6, 6.07) is 4.46. The Morgan fingerprint density at radius 1 is 1.30 bits per heavy atom. The van der Waals surface area contributed by atoms with Crippen LogP contribution >= 0.6 is 0 Å². The van der Waals surface area contributed by atoms with Crippen molar-refractivity contribution >= 4 is 18.0 Å². The van der Waals surface area contributed by atoms with Crippen LogP contribution in [0.5, 0.6) is 11.5 Å². The SMILES string of the molecule is C/C=C/c1ccc(OCC(O)CN2C(=O)NC(CC(C)C)C2=O)c(OC)c1. The van der Waals surface area contributed by atoms with Gasteiger partial charge in [-0.3, -0.25) is 9.69 Å². The number of β-amino-alcohol motifs (C(OH)–C–C–N with tert-alkyl or cyclic N) is 1. The van der Waals surface area contributed by atoms with Gasteiger partial charge in [-0.25, -0.2) is 4.79 Å². The minimum absolute atomic E-state index is 0.0643. The van der Waals surface area contributed by atoms with Crippen LogP contribution in [-0.4, -0.2) is 54.4 Å². The standard InChI is InChI=1S/C20H28N2O5/c1-5-6-14-7-8-17(18(10-14)26-4)27-12-15(23)11-22-19(24)16(9-13(2)3)21-20(22)25/h5-8,10,13,15-16,23H,9,11-12H2,1-4H3,(H,21,25)/b6-5+. The van der Waals surface area contributed by atoms with Crippen molar-refractivity contribution in [1.82, 2.24) is 10.2 Å². The van der Waals surface area contributed by atoms with Gasteiger partial charge in [-0.15, -0.1) is 0 Å². The smallest absolute Gasteiger partial charge is 0.324 e. The fourth-order valence-electron chi connectivity index (χ4n) is 2.93. The number of methoxy groups -OCH3 is 1. The number of rotatable bonds is 9. The Labute approximate surface area is 159 Å². The summed E-state index contributed by atoms with van der Waals surface area (Å²) in [5, 5.41) is 12.9. The summed E-state index contributed by atoms with van der Waals surface area (Å²) in [5.74, 6) is 1.01. The second-order valence-corrected chi connectivity index (χ2v) is 6.96. The van der Waals surface area contributed by atoms with E-state index in [0.29, 0.717) is 17.9 Å². The van der Waals surface area contributed by atoms with E-state index >= 15 is 0 Å². The van der Waals surface area contributed by atoms with E-state index in [0.717, 1.165) is 10.5 Å². The number of aliphatic hydroxyl groups is 1. The van der Waals surface area contributed by atoms with Crippen molar-refractivity contribution in [3.05, 3.63) is 29.8 Å². The van der Waals surface area contributed by atoms with Crippen LogP contribution in [0.15, 0.2) is 24.3 Å². The Kier molecular flexibility index (Phi) is 7.24. The first-order valence-electron chi connectivity index (χ1n) is 9.09. The summed E-state index contributed by atoms with van der Waals surface area (Å²) in [7, 11) is 1.54. The molecule has 1 saturated heterocycles. The minimum atomic E-state index is -1.00. The molecule has 1 heterocycles. The molecule has 27 heavy (non-hydrogen) atoms. The van der Waals surface area contributed by atoms with Gasteiger partial charge in [0, 0.05) is 0 Å². The van der Waals surface area contributed by atoms with E-state index in [2.05, 4.69) is 5.32 Å². The molecule has 0 aliphatic carbocycles. The number of nitrogens with one attached hydrogen (secondary N) is 1. The van der Waals surface area contributed by atoms with Crippen LogP contribution < -0.4 is 14.8 Å². The zero-order chi connectivity index (χ0) is 20.0. The molecule has 0 saturated carbocycles. The highest BCUT2D eigenvalue weighted by Gasteiger charge is 2.38. The maximum atomic E-state index is 12.3. The number of nitrogens with zero attached hydrogens (tertiary/aromatic N) is 1. The summed E-state index contributed by atoms with van der Waals surface area (Å²) >= 11 is 0. The Morgan fingerprint density at radius 2 is 2.04 bits per heavy atom. The van der Waals surface area contributed by atoms with Crippen LogP contribution in [0.25, 0.3) is 6.08 Å². The van der Waals surface area contributed by atoms with Gasteiger partial charge in [0.25, 0.3) is 5.91 Å². The lowest BCUT2D eigenvalue weighted by atomic mass is 10.0. The molecule has 7 nitrogen and oxygen atoms in total. The van der Waals surface area contributed by atoms with Gasteiger partial charge in [0.1, 0.15) is 18.8 Å². The number of amides is 3. The summed E-state index contributed by atoms with van der Waals surface area (Å²) in [6.45, 7) is 5.72. The number of aliphatic hydroxyl groups excluding tert-OH is 1. The summed E-state index contributed by atoms with van der Waals surface area (Å²) in [4.78, 5) is 25.4. The number of hydrogen-bond acceptors (Lipinski definition) is 5. The Balaban J connectivity index is 1.93. The number of ether oxygens (including phenoxy) is 2. The van der Waals surface area contributed by atoms with Crippen molar-refractivity contribution in [2.75, 3.05) is 20.3 Å².